The van der Waals surface area contributed by atoms with Gasteiger partial charge in [0.25, 0.3) is 0 Å². The lowest BCUT2D eigenvalue weighted by molar-refractivity contribution is -0.161. The fourth-order valence-corrected chi connectivity index (χ4v) is 10.8. The molecule has 3 N–H and O–H groups in total. The predicted molar refractivity (Wildman–Crippen MR) is 326 cm³/mol. The summed E-state index contributed by atoms with van der Waals surface area (Å²) in [6.45, 7) is 13.9. The molecule has 0 aromatic carbocycles. The number of hydrogen-bond donors (Lipinski definition) is 3. The highest BCUT2D eigenvalue weighted by Crippen LogP contribution is 2.45. The minimum atomic E-state index is -4.94. The van der Waals surface area contributed by atoms with Gasteiger partial charge in [-0.3, -0.25) is 37.3 Å². The molecule has 0 aromatic heterocycles. The molecular formula is C63H122O17P2. The summed E-state index contributed by atoms with van der Waals surface area (Å²) in [4.78, 5) is 72.1. The fraction of sp³-hybridized carbons (Fsp3) is 0.937. The lowest BCUT2D eigenvalue weighted by atomic mass is 10.00. The van der Waals surface area contributed by atoms with Crippen molar-refractivity contribution in [2.24, 2.45) is 23.7 Å². The lowest BCUT2D eigenvalue weighted by Crippen LogP contribution is -2.30. The summed E-state index contributed by atoms with van der Waals surface area (Å²) in [6.07, 6.45) is 32.4. The Balaban J connectivity index is 5.24. The van der Waals surface area contributed by atoms with E-state index in [9.17, 15) is 43.2 Å². The van der Waals surface area contributed by atoms with Crippen molar-refractivity contribution in [3.63, 3.8) is 0 Å². The van der Waals surface area contributed by atoms with E-state index in [4.69, 9.17) is 37.0 Å². The molecule has 0 saturated heterocycles. The number of aliphatic hydroxyl groups is 1. The molecule has 0 bridgehead atoms. The summed E-state index contributed by atoms with van der Waals surface area (Å²) in [5, 5.41) is 10.5. The second-order valence-electron chi connectivity index (χ2n) is 24.5. The fourth-order valence-electron chi connectivity index (χ4n) is 9.22. The maximum atomic E-state index is 13.0. The van der Waals surface area contributed by atoms with E-state index in [2.05, 4.69) is 55.4 Å². The van der Waals surface area contributed by atoms with Gasteiger partial charge in [0.2, 0.25) is 0 Å². The Morgan fingerprint density at radius 2 is 0.585 bits per heavy atom. The van der Waals surface area contributed by atoms with Gasteiger partial charge in [0.1, 0.15) is 19.3 Å². The number of aliphatic hydroxyl groups excluding tert-OH is 1. The van der Waals surface area contributed by atoms with Gasteiger partial charge in [-0.2, -0.15) is 0 Å². The number of phosphoric acid groups is 2. The van der Waals surface area contributed by atoms with Crippen LogP contribution < -0.4 is 0 Å². The number of carbonyl (C=O) groups excluding carboxylic acids is 4. The molecule has 17 nitrogen and oxygen atoms in total. The van der Waals surface area contributed by atoms with Crippen molar-refractivity contribution in [2.75, 3.05) is 39.6 Å². The molecule has 0 radical (unpaired) electrons. The molecule has 6 atom stereocenters. The molecule has 0 aromatic rings. The van der Waals surface area contributed by atoms with Gasteiger partial charge in [0.15, 0.2) is 12.2 Å². The Kier molecular flexibility index (Phi) is 52.0. The largest absolute Gasteiger partial charge is 0.472 e. The first kappa shape index (κ1) is 80.1. The molecule has 0 saturated carbocycles. The van der Waals surface area contributed by atoms with Crippen molar-refractivity contribution in [1.82, 2.24) is 0 Å². The zero-order valence-corrected chi connectivity index (χ0v) is 54.9. The number of rotatable bonds is 60. The summed E-state index contributed by atoms with van der Waals surface area (Å²) in [5.74, 6) is 0.699. The van der Waals surface area contributed by atoms with Gasteiger partial charge in [-0.1, -0.05) is 248 Å². The van der Waals surface area contributed by atoms with Gasteiger partial charge in [-0.15, -0.1) is 0 Å². The molecule has 0 spiro atoms. The van der Waals surface area contributed by atoms with Crippen LogP contribution in [0.5, 0.6) is 0 Å². The number of phosphoric ester groups is 2. The minimum Gasteiger partial charge on any atom is -0.462 e. The van der Waals surface area contributed by atoms with E-state index >= 15 is 0 Å². The van der Waals surface area contributed by atoms with Crippen LogP contribution >= 0.6 is 15.6 Å². The van der Waals surface area contributed by atoms with Crippen molar-refractivity contribution in [1.29, 1.82) is 0 Å². The summed E-state index contributed by atoms with van der Waals surface area (Å²) in [5.41, 5.74) is 0. The lowest BCUT2D eigenvalue weighted by Gasteiger charge is -2.21. The molecule has 0 rings (SSSR count). The Morgan fingerprint density at radius 3 is 0.866 bits per heavy atom. The summed E-state index contributed by atoms with van der Waals surface area (Å²) in [6, 6.07) is 0. The van der Waals surface area contributed by atoms with Crippen molar-refractivity contribution in [3.8, 4) is 0 Å². The number of hydrogen-bond acceptors (Lipinski definition) is 15. The normalized spacial score (nSPS) is 14.8. The predicted octanol–water partition coefficient (Wildman–Crippen LogP) is 17.0. The van der Waals surface area contributed by atoms with Gasteiger partial charge < -0.3 is 33.8 Å². The molecule has 0 heterocycles. The molecule has 0 fully saturated rings. The first-order chi connectivity index (χ1) is 39.1. The monoisotopic (exact) mass is 1210 g/mol. The average Bonchev–Trinajstić information content (AvgIpc) is 3.42. The highest BCUT2D eigenvalue weighted by atomic mass is 31.2. The molecule has 3 unspecified atom stereocenters. The van der Waals surface area contributed by atoms with E-state index in [0.717, 1.165) is 115 Å². The molecule has 19 heteroatoms. The molecular weight excluding hydrogens is 1090 g/mol. The topological polar surface area (TPSA) is 237 Å². The van der Waals surface area contributed by atoms with Crippen molar-refractivity contribution >= 4 is 39.5 Å². The van der Waals surface area contributed by atoms with Crippen LogP contribution in [0, 0.1) is 23.7 Å². The van der Waals surface area contributed by atoms with Crippen LogP contribution in [-0.2, 0) is 65.4 Å². The van der Waals surface area contributed by atoms with Gasteiger partial charge in [-0.25, -0.2) is 9.13 Å². The second-order valence-corrected chi connectivity index (χ2v) is 27.4. The van der Waals surface area contributed by atoms with Crippen molar-refractivity contribution in [2.45, 2.75) is 318 Å². The highest BCUT2D eigenvalue weighted by molar-refractivity contribution is 7.47. The van der Waals surface area contributed by atoms with E-state index in [1.165, 1.54) is 89.9 Å². The first-order valence-corrected chi connectivity index (χ1v) is 35.7. The van der Waals surface area contributed by atoms with Crippen LogP contribution in [-0.4, -0.2) is 96.7 Å². The molecule has 486 valence electrons. The number of esters is 4. The summed E-state index contributed by atoms with van der Waals surface area (Å²) < 4.78 is 67.9. The molecule has 0 aliphatic rings. The van der Waals surface area contributed by atoms with E-state index in [1.807, 2.05) is 0 Å². The van der Waals surface area contributed by atoms with Gasteiger partial charge in [0, 0.05) is 25.7 Å². The van der Waals surface area contributed by atoms with E-state index < -0.39 is 97.5 Å². The van der Waals surface area contributed by atoms with Gasteiger partial charge in [0.05, 0.1) is 26.4 Å². The zero-order chi connectivity index (χ0) is 61.1. The molecule has 0 aliphatic carbocycles. The molecule has 82 heavy (non-hydrogen) atoms. The smallest absolute Gasteiger partial charge is 0.462 e. The standard InChI is InChI=1S/C63H122O17P2/c1-9-56(8)42-34-26-19-22-28-36-44-61(66)74-50-59(80-63(68)46-38-30-21-18-25-33-41-55(6)7)52-78-82(71,72)76-48-57(64)47-75-81(69,70)77-51-58(49-73-60(65)43-35-27-20-17-24-32-40-54(4)5)79-62(67)45-37-29-16-14-12-10-11-13-15-23-31-39-53(2)3/h53-59,64H,9-52H2,1-8H3,(H,69,70)(H,71,72)/t56?,57-,58-,59-/m1/s1. The maximum absolute atomic E-state index is 13.0. The van der Waals surface area contributed by atoms with E-state index in [-0.39, 0.29) is 25.7 Å². The van der Waals surface area contributed by atoms with Crippen LogP contribution in [0.2, 0.25) is 0 Å². The Morgan fingerprint density at radius 1 is 0.341 bits per heavy atom. The zero-order valence-electron chi connectivity index (χ0n) is 53.1. The van der Waals surface area contributed by atoms with E-state index in [0.29, 0.717) is 37.5 Å². The van der Waals surface area contributed by atoms with Crippen LogP contribution in [0.25, 0.3) is 0 Å². The minimum absolute atomic E-state index is 0.100. The highest BCUT2D eigenvalue weighted by Gasteiger charge is 2.30. The van der Waals surface area contributed by atoms with Crippen LogP contribution in [0.15, 0.2) is 0 Å². The number of carbonyl (C=O) groups is 4. The third-order valence-electron chi connectivity index (χ3n) is 14.7. The van der Waals surface area contributed by atoms with Crippen LogP contribution in [0.1, 0.15) is 299 Å². The van der Waals surface area contributed by atoms with E-state index in [1.54, 1.807) is 0 Å². The SMILES string of the molecule is CCC(C)CCCCCCCCC(=O)OC[C@H](COP(=O)(O)OC[C@H](O)COP(=O)(O)OC[C@@H](COC(=O)CCCCCCCCC(C)C)OC(=O)CCCCCCCCCCCCCC(C)C)OC(=O)CCCCCCCCC(C)C. The van der Waals surface area contributed by atoms with Gasteiger partial charge >= 0.3 is 39.5 Å². The maximum Gasteiger partial charge on any atom is 0.472 e. The number of ether oxygens (including phenoxy) is 4. The Hall–Kier alpha value is -1.94. The number of unbranched alkanes of at least 4 members (excludes halogenated alkanes) is 25. The Bertz CT molecular complexity index is 1650. The van der Waals surface area contributed by atoms with Crippen LogP contribution in [0.3, 0.4) is 0 Å². The van der Waals surface area contributed by atoms with Gasteiger partial charge in [-0.05, 0) is 49.4 Å². The van der Waals surface area contributed by atoms with Crippen molar-refractivity contribution in [3.05, 3.63) is 0 Å². The summed E-state index contributed by atoms with van der Waals surface area (Å²) in [7, 11) is -9.89. The third kappa shape index (κ3) is 55.9. The van der Waals surface area contributed by atoms with Crippen LogP contribution in [0.4, 0.5) is 0 Å². The summed E-state index contributed by atoms with van der Waals surface area (Å²) >= 11 is 0. The quantitative estimate of drug-likeness (QED) is 0.0222. The third-order valence-corrected chi connectivity index (χ3v) is 16.6. The molecule has 0 aliphatic heterocycles. The van der Waals surface area contributed by atoms with Crippen molar-refractivity contribution < 1.29 is 80.2 Å². The Labute approximate surface area is 498 Å². The second kappa shape index (κ2) is 53.3. The first-order valence-electron chi connectivity index (χ1n) is 32.7. The molecule has 0 amide bonds. The average molecular weight is 1210 g/mol.